The zero-order valence-electron chi connectivity index (χ0n) is 10.5. The Hall–Kier alpha value is -1.10. The van der Waals surface area contributed by atoms with Crippen LogP contribution in [0.25, 0.3) is 0 Å². The molecule has 1 aliphatic carbocycles. The van der Waals surface area contributed by atoms with Gasteiger partial charge in [0.15, 0.2) is 0 Å². The van der Waals surface area contributed by atoms with E-state index in [-0.39, 0.29) is 0 Å². The van der Waals surface area contributed by atoms with Gasteiger partial charge in [-0.3, -0.25) is 0 Å². The lowest BCUT2D eigenvalue weighted by Gasteiger charge is -2.27. The van der Waals surface area contributed by atoms with Crippen molar-refractivity contribution in [2.24, 2.45) is 13.0 Å². The summed E-state index contributed by atoms with van der Waals surface area (Å²) in [4.78, 5) is 2.46. The van der Waals surface area contributed by atoms with Gasteiger partial charge in [-0.1, -0.05) is 5.21 Å². The van der Waals surface area contributed by atoms with Crippen molar-refractivity contribution in [3.05, 3.63) is 6.20 Å². The van der Waals surface area contributed by atoms with Crippen molar-refractivity contribution in [3.8, 4) is 0 Å². The van der Waals surface area contributed by atoms with E-state index in [1.54, 1.807) is 0 Å². The summed E-state index contributed by atoms with van der Waals surface area (Å²) >= 11 is 0. The van der Waals surface area contributed by atoms with E-state index in [4.69, 9.17) is 0 Å². The Bertz CT molecular complexity index is 365. The smallest absolute Gasteiger partial charge is 0.147 e. The Morgan fingerprint density at radius 2 is 2.29 bits per heavy atom. The Morgan fingerprint density at radius 1 is 1.41 bits per heavy atom. The van der Waals surface area contributed by atoms with Crippen LogP contribution in [0.1, 0.15) is 25.7 Å². The molecule has 5 heteroatoms. The van der Waals surface area contributed by atoms with Crippen molar-refractivity contribution in [3.63, 3.8) is 0 Å². The maximum absolute atomic E-state index is 4.04. The van der Waals surface area contributed by atoms with Crippen LogP contribution in [0, 0.1) is 5.92 Å². The predicted molar refractivity (Wildman–Crippen MR) is 67.0 cm³/mol. The lowest BCUT2D eigenvalue weighted by Crippen LogP contribution is -2.39. The second kappa shape index (κ2) is 4.64. The van der Waals surface area contributed by atoms with Gasteiger partial charge in [0, 0.05) is 26.2 Å². The zero-order valence-corrected chi connectivity index (χ0v) is 10.5. The highest BCUT2D eigenvalue weighted by molar-refractivity contribution is 5.36. The summed E-state index contributed by atoms with van der Waals surface area (Å²) in [5, 5.41) is 11.6. The molecule has 0 bridgehead atoms. The van der Waals surface area contributed by atoms with Crippen LogP contribution in [-0.2, 0) is 7.05 Å². The molecule has 1 unspecified atom stereocenters. The number of rotatable bonds is 5. The van der Waals surface area contributed by atoms with E-state index in [0.29, 0.717) is 6.04 Å². The Morgan fingerprint density at radius 3 is 2.88 bits per heavy atom. The van der Waals surface area contributed by atoms with E-state index in [9.17, 15) is 0 Å². The van der Waals surface area contributed by atoms with Gasteiger partial charge in [-0.2, -0.15) is 0 Å². The zero-order chi connectivity index (χ0) is 11.7. The molecule has 2 fully saturated rings. The standard InChI is InChI=1S/C12H21N5/c1-16-12(7-14-15-16)17(8-10-4-5-10)9-11-3-2-6-13-11/h7,10-11,13H,2-6,8-9H2,1H3. The number of hydrogen-bond donors (Lipinski definition) is 1. The van der Waals surface area contributed by atoms with Gasteiger partial charge in [0.25, 0.3) is 0 Å². The number of hydrogen-bond acceptors (Lipinski definition) is 4. The lowest BCUT2D eigenvalue weighted by molar-refractivity contribution is 0.557. The molecule has 17 heavy (non-hydrogen) atoms. The first-order valence-electron chi connectivity index (χ1n) is 6.66. The fourth-order valence-electron chi connectivity index (χ4n) is 2.62. The molecular formula is C12H21N5. The minimum atomic E-state index is 0.642. The van der Waals surface area contributed by atoms with Crippen molar-refractivity contribution >= 4 is 5.82 Å². The van der Waals surface area contributed by atoms with Crippen molar-refractivity contribution < 1.29 is 0 Å². The summed E-state index contributed by atoms with van der Waals surface area (Å²) in [6.45, 7) is 3.43. The van der Waals surface area contributed by atoms with E-state index < -0.39 is 0 Å². The Balaban J connectivity index is 1.69. The van der Waals surface area contributed by atoms with Gasteiger partial charge in [-0.15, -0.1) is 5.10 Å². The first-order chi connectivity index (χ1) is 8.33. The fourth-order valence-corrected chi connectivity index (χ4v) is 2.62. The molecule has 94 valence electrons. The van der Waals surface area contributed by atoms with E-state index in [0.717, 1.165) is 18.3 Å². The van der Waals surface area contributed by atoms with Crippen LogP contribution in [-0.4, -0.2) is 40.7 Å². The van der Waals surface area contributed by atoms with Crippen LogP contribution in [0.3, 0.4) is 0 Å². The molecule has 2 aliphatic rings. The van der Waals surface area contributed by atoms with Crippen molar-refractivity contribution in [2.75, 3.05) is 24.5 Å². The maximum Gasteiger partial charge on any atom is 0.147 e. The van der Waals surface area contributed by atoms with Crippen LogP contribution >= 0.6 is 0 Å². The summed E-state index contributed by atoms with van der Waals surface area (Å²) in [6.07, 6.45) is 7.27. The third-order valence-corrected chi connectivity index (χ3v) is 3.79. The molecule has 2 heterocycles. The quantitative estimate of drug-likeness (QED) is 0.819. The number of nitrogens with one attached hydrogen (secondary N) is 1. The van der Waals surface area contributed by atoms with Crippen LogP contribution in [0.5, 0.6) is 0 Å². The minimum Gasteiger partial charge on any atom is -0.354 e. The fraction of sp³-hybridized carbons (Fsp3) is 0.833. The first-order valence-corrected chi connectivity index (χ1v) is 6.66. The molecule has 0 aromatic carbocycles. The molecule has 1 saturated carbocycles. The second-order valence-corrected chi connectivity index (χ2v) is 5.36. The molecule has 3 rings (SSSR count). The molecule has 1 atom stereocenters. The number of aryl methyl sites for hydroxylation is 1. The molecule has 1 saturated heterocycles. The number of aromatic nitrogens is 3. The lowest BCUT2D eigenvalue weighted by atomic mass is 10.2. The summed E-state index contributed by atoms with van der Waals surface area (Å²) in [6, 6.07) is 0.642. The predicted octanol–water partition coefficient (Wildman–Crippen LogP) is 0.783. The molecule has 0 amide bonds. The SMILES string of the molecule is Cn1nncc1N(CC1CC1)CC1CCCN1. The molecular weight excluding hydrogens is 214 g/mol. The van der Waals surface area contributed by atoms with Gasteiger partial charge in [-0.05, 0) is 38.1 Å². The topological polar surface area (TPSA) is 46.0 Å². The van der Waals surface area contributed by atoms with Gasteiger partial charge in [0.1, 0.15) is 5.82 Å². The molecule has 1 aromatic rings. The maximum atomic E-state index is 4.04. The van der Waals surface area contributed by atoms with E-state index >= 15 is 0 Å². The van der Waals surface area contributed by atoms with Crippen molar-refractivity contribution in [1.82, 2.24) is 20.3 Å². The van der Waals surface area contributed by atoms with Gasteiger partial charge >= 0.3 is 0 Å². The van der Waals surface area contributed by atoms with Gasteiger partial charge < -0.3 is 10.2 Å². The highest BCUT2D eigenvalue weighted by atomic mass is 15.5. The molecule has 5 nitrogen and oxygen atoms in total. The normalized spacial score (nSPS) is 24.2. The summed E-state index contributed by atoms with van der Waals surface area (Å²) in [7, 11) is 1.98. The average molecular weight is 235 g/mol. The summed E-state index contributed by atoms with van der Waals surface area (Å²) in [5.74, 6) is 2.05. The third-order valence-electron chi connectivity index (χ3n) is 3.79. The van der Waals surface area contributed by atoms with E-state index in [2.05, 4.69) is 20.5 Å². The van der Waals surface area contributed by atoms with Crippen molar-refractivity contribution in [2.45, 2.75) is 31.7 Å². The van der Waals surface area contributed by atoms with Gasteiger partial charge in [0.2, 0.25) is 0 Å². The molecule has 1 N–H and O–H groups in total. The van der Waals surface area contributed by atoms with Crippen LogP contribution in [0.15, 0.2) is 6.20 Å². The van der Waals surface area contributed by atoms with Crippen LogP contribution < -0.4 is 10.2 Å². The Kier molecular flexibility index (Phi) is 3.01. The summed E-state index contributed by atoms with van der Waals surface area (Å²) in [5.41, 5.74) is 0. The second-order valence-electron chi connectivity index (χ2n) is 5.36. The Labute approximate surface area is 102 Å². The van der Waals surface area contributed by atoms with E-state index in [1.807, 2.05) is 17.9 Å². The van der Waals surface area contributed by atoms with Crippen molar-refractivity contribution in [1.29, 1.82) is 0 Å². The largest absolute Gasteiger partial charge is 0.354 e. The highest BCUT2D eigenvalue weighted by Crippen LogP contribution is 2.31. The molecule has 1 aromatic heterocycles. The van der Waals surface area contributed by atoms with Gasteiger partial charge in [0.05, 0.1) is 6.20 Å². The molecule has 0 radical (unpaired) electrons. The highest BCUT2D eigenvalue weighted by Gasteiger charge is 2.27. The van der Waals surface area contributed by atoms with Crippen LogP contribution in [0.2, 0.25) is 0 Å². The molecule has 1 aliphatic heterocycles. The first kappa shape index (κ1) is 11.0. The van der Waals surface area contributed by atoms with Crippen LogP contribution in [0.4, 0.5) is 5.82 Å². The van der Waals surface area contributed by atoms with E-state index in [1.165, 1.54) is 38.8 Å². The molecule has 0 spiro atoms. The third kappa shape index (κ3) is 2.60. The average Bonchev–Trinajstić information content (AvgIpc) is 2.80. The number of nitrogens with zero attached hydrogens (tertiary/aromatic N) is 4. The van der Waals surface area contributed by atoms with Gasteiger partial charge in [-0.25, -0.2) is 4.68 Å². The number of anilines is 1. The minimum absolute atomic E-state index is 0.642. The summed E-state index contributed by atoms with van der Waals surface area (Å²) < 4.78 is 1.89. The monoisotopic (exact) mass is 235 g/mol.